The molecule has 0 spiro atoms. The average molecular weight is 556 g/mol. The topological polar surface area (TPSA) is 42.8 Å². The van der Waals surface area contributed by atoms with Gasteiger partial charge < -0.3 is 14.8 Å². The third-order valence-corrected chi connectivity index (χ3v) is 7.97. The van der Waals surface area contributed by atoms with Crippen LogP contribution in [0.1, 0.15) is 40.6 Å². The lowest BCUT2D eigenvalue weighted by atomic mass is 9.77. The van der Waals surface area contributed by atoms with Crippen molar-refractivity contribution in [2.75, 3.05) is 12.4 Å². The smallest absolute Gasteiger partial charge is 0.180 e. The van der Waals surface area contributed by atoms with Crippen LogP contribution >= 0.6 is 23.2 Å². The lowest BCUT2D eigenvalue weighted by molar-refractivity contribution is 0.284. The van der Waals surface area contributed by atoms with E-state index in [-0.39, 0.29) is 6.04 Å². The third kappa shape index (κ3) is 5.40. The highest BCUT2D eigenvalue weighted by molar-refractivity contribution is 6.32. The number of anilines is 1. The van der Waals surface area contributed by atoms with Gasteiger partial charge in [0.05, 0.1) is 23.9 Å². The lowest BCUT2D eigenvalue weighted by Crippen LogP contribution is -2.28. The first-order chi connectivity index (χ1) is 19.1. The zero-order valence-electron chi connectivity index (χ0n) is 21.5. The molecule has 2 aliphatic rings. The van der Waals surface area contributed by atoms with Crippen LogP contribution in [0.2, 0.25) is 10.0 Å². The summed E-state index contributed by atoms with van der Waals surface area (Å²) < 4.78 is 11.5. The van der Waals surface area contributed by atoms with Gasteiger partial charge in [0.2, 0.25) is 0 Å². The van der Waals surface area contributed by atoms with Gasteiger partial charge in [0.1, 0.15) is 6.61 Å². The summed E-state index contributed by atoms with van der Waals surface area (Å²) in [5, 5.41) is 4.93. The molecule has 0 fully saturated rings. The molecule has 196 valence electrons. The third-order valence-electron chi connectivity index (χ3n) is 7.44. The lowest BCUT2D eigenvalue weighted by Gasteiger charge is -2.37. The Balaban J connectivity index is 1.16. The van der Waals surface area contributed by atoms with Crippen LogP contribution in [0.3, 0.4) is 0 Å². The number of hydrogen-bond acceptors (Lipinski definition) is 4. The number of methoxy groups -OCH3 is 1. The highest BCUT2D eigenvalue weighted by Gasteiger charge is 2.37. The molecule has 0 amide bonds. The molecule has 0 radical (unpaired) electrons. The highest BCUT2D eigenvalue weighted by Crippen LogP contribution is 2.49. The molecule has 6 rings (SSSR count). The van der Waals surface area contributed by atoms with Crippen molar-refractivity contribution in [3.8, 4) is 11.5 Å². The second kappa shape index (κ2) is 11.2. The van der Waals surface area contributed by atoms with Gasteiger partial charge in [0.15, 0.2) is 11.5 Å². The Bertz CT molecular complexity index is 1530. The summed E-state index contributed by atoms with van der Waals surface area (Å²) in [7, 11) is 1.60. The van der Waals surface area contributed by atoms with Gasteiger partial charge in [-0.3, -0.25) is 4.99 Å². The Labute approximate surface area is 238 Å². The van der Waals surface area contributed by atoms with Crippen LogP contribution in [0, 0.1) is 5.92 Å². The minimum atomic E-state index is 0.265. The summed E-state index contributed by atoms with van der Waals surface area (Å²) in [4.78, 5) is 4.69. The van der Waals surface area contributed by atoms with E-state index in [1.54, 1.807) is 13.3 Å². The maximum Gasteiger partial charge on any atom is 0.180 e. The van der Waals surface area contributed by atoms with Crippen molar-refractivity contribution in [3.05, 3.63) is 129 Å². The summed E-state index contributed by atoms with van der Waals surface area (Å²) in [6, 6.07) is 28.6. The van der Waals surface area contributed by atoms with Crippen molar-refractivity contribution >= 4 is 40.8 Å². The second-order valence-corrected chi connectivity index (χ2v) is 10.7. The molecule has 1 N–H and O–H groups in total. The number of rotatable bonds is 7. The number of benzene rings is 4. The molecule has 0 bridgehead atoms. The number of fused-ring (bicyclic) bond motifs is 3. The van der Waals surface area contributed by atoms with Gasteiger partial charge in [-0.15, -0.1) is 0 Å². The number of allylic oxidation sites excluding steroid dienone is 2. The zero-order valence-corrected chi connectivity index (χ0v) is 23.0. The summed E-state index contributed by atoms with van der Waals surface area (Å²) in [6.07, 6.45) is 7.55. The predicted octanol–water partition coefficient (Wildman–Crippen LogP) is 9.16. The van der Waals surface area contributed by atoms with E-state index >= 15 is 0 Å². The maximum atomic E-state index is 6.57. The van der Waals surface area contributed by atoms with Crippen molar-refractivity contribution in [2.45, 2.75) is 25.0 Å². The number of halogens is 2. The van der Waals surface area contributed by atoms with Crippen LogP contribution in [0.25, 0.3) is 0 Å². The molecule has 1 aliphatic heterocycles. The van der Waals surface area contributed by atoms with Gasteiger partial charge in [0.25, 0.3) is 0 Å². The zero-order chi connectivity index (χ0) is 26.8. The van der Waals surface area contributed by atoms with Gasteiger partial charge in [-0.05, 0) is 77.1 Å². The minimum Gasteiger partial charge on any atom is -0.493 e. The highest BCUT2D eigenvalue weighted by atomic mass is 35.5. The number of hydrogen-bond donors (Lipinski definition) is 1. The van der Waals surface area contributed by atoms with Crippen LogP contribution in [0.4, 0.5) is 11.4 Å². The normalized spacial score (nSPS) is 19.4. The summed E-state index contributed by atoms with van der Waals surface area (Å²) in [6.45, 7) is 0.353. The molecule has 0 unspecified atom stereocenters. The fourth-order valence-corrected chi connectivity index (χ4v) is 5.88. The molecule has 4 nitrogen and oxygen atoms in total. The molecule has 39 heavy (non-hydrogen) atoms. The van der Waals surface area contributed by atoms with Gasteiger partial charge >= 0.3 is 0 Å². The van der Waals surface area contributed by atoms with Crippen LogP contribution in [0.5, 0.6) is 11.5 Å². The summed E-state index contributed by atoms with van der Waals surface area (Å²) >= 11 is 12.5. The predicted molar refractivity (Wildman–Crippen MR) is 160 cm³/mol. The van der Waals surface area contributed by atoms with Crippen LogP contribution < -0.4 is 14.8 Å². The van der Waals surface area contributed by atoms with Crippen molar-refractivity contribution < 1.29 is 9.47 Å². The van der Waals surface area contributed by atoms with E-state index in [9.17, 15) is 0 Å². The van der Waals surface area contributed by atoms with Gasteiger partial charge in [-0.25, -0.2) is 0 Å². The fourth-order valence-electron chi connectivity index (χ4n) is 5.48. The van der Waals surface area contributed by atoms with Gasteiger partial charge in [-0.2, -0.15) is 0 Å². The molecular formula is C33H28Cl2N2O2. The first-order valence-corrected chi connectivity index (χ1v) is 13.8. The van der Waals surface area contributed by atoms with Crippen molar-refractivity contribution in [3.63, 3.8) is 0 Å². The Morgan fingerprint density at radius 2 is 1.77 bits per heavy atom. The van der Waals surface area contributed by atoms with E-state index in [1.807, 2.05) is 36.4 Å². The molecule has 0 aromatic heterocycles. The fraction of sp³-hybridized carbons (Fsp3) is 0.182. The summed E-state index contributed by atoms with van der Waals surface area (Å²) in [5.41, 5.74) is 6.57. The van der Waals surface area contributed by atoms with E-state index < -0.39 is 0 Å². The number of nitrogens with one attached hydrogen (secondary N) is 1. The largest absolute Gasteiger partial charge is 0.493 e. The Morgan fingerprint density at radius 3 is 2.56 bits per heavy atom. The number of nitrogens with zero attached hydrogens (tertiary/aromatic N) is 1. The molecule has 6 heteroatoms. The molecular weight excluding hydrogens is 527 g/mol. The van der Waals surface area contributed by atoms with Crippen molar-refractivity contribution in [1.82, 2.24) is 0 Å². The monoisotopic (exact) mass is 554 g/mol. The first kappa shape index (κ1) is 25.5. The van der Waals surface area contributed by atoms with Crippen LogP contribution in [-0.4, -0.2) is 13.3 Å². The molecule has 1 heterocycles. The van der Waals surface area contributed by atoms with Crippen molar-refractivity contribution in [1.29, 1.82) is 0 Å². The number of para-hydroxylation sites is 1. The van der Waals surface area contributed by atoms with E-state index in [1.165, 1.54) is 16.8 Å². The van der Waals surface area contributed by atoms with Crippen molar-refractivity contribution in [2.24, 2.45) is 10.9 Å². The van der Waals surface area contributed by atoms with Crippen LogP contribution in [-0.2, 0) is 6.61 Å². The van der Waals surface area contributed by atoms with Gasteiger partial charge in [0, 0.05) is 22.8 Å². The molecule has 1 aliphatic carbocycles. The van der Waals surface area contributed by atoms with E-state index in [0.29, 0.717) is 40.0 Å². The van der Waals surface area contributed by atoms with E-state index in [4.69, 9.17) is 32.7 Å². The second-order valence-electron chi connectivity index (χ2n) is 9.86. The maximum absolute atomic E-state index is 6.57. The minimum absolute atomic E-state index is 0.265. The number of ether oxygens (including phenoxy) is 2. The standard InChI is InChI=1S/C33H28Cl2N2O2/c1-38-31-18-22(17-29(35)33(31)39-20-21-9-13-24(34)14-10-21)19-36-25-15-11-23(12-16-25)32-28-7-4-6-26(28)27-5-2-3-8-30(27)37-32/h2-6,8-19,26,28,32,37H,7,20H2,1H3/t26-,28-,32+/m1/s1. The van der Waals surface area contributed by atoms with E-state index in [0.717, 1.165) is 23.2 Å². The first-order valence-electron chi connectivity index (χ1n) is 13.0. The number of aliphatic imine (C=N–C) groups is 1. The molecule has 3 atom stereocenters. The van der Waals surface area contributed by atoms with Gasteiger partial charge in [-0.1, -0.05) is 77.8 Å². The molecule has 4 aromatic carbocycles. The molecule has 0 saturated carbocycles. The Hall–Kier alpha value is -3.73. The average Bonchev–Trinajstić information content (AvgIpc) is 3.46. The van der Waals surface area contributed by atoms with Crippen LogP contribution in [0.15, 0.2) is 102 Å². The summed E-state index contributed by atoms with van der Waals surface area (Å²) in [5.74, 6) is 2.03. The van der Waals surface area contributed by atoms with E-state index in [2.05, 4.69) is 71.0 Å². The Morgan fingerprint density at radius 1 is 0.974 bits per heavy atom. The quantitative estimate of drug-likeness (QED) is 0.183. The SMILES string of the molecule is COc1cc(C=Nc2ccc([C@@H]3Nc4ccccc4[C@H]4C=CC[C@H]43)cc2)cc(Cl)c1OCc1ccc(Cl)cc1. The molecule has 4 aromatic rings. The Kier molecular flexibility index (Phi) is 7.32. The molecule has 0 saturated heterocycles.